The molecule has 1 rings (SSSR count). The molecule has 14 heavy (non-hydrogen) atoms. The van der Waals surface area contributed by atoms with Gasteiger partial charge >= 0.3 is 0 Å². The van der Waals surface area contributed by atoms with Gasteiger partial charge in [0.25, 0.3) is 0 Å². The van der Waals surface area contributed by atoms with Crippen LogP contribution >= 0.6 is 0 Å². The fourth-order valence-electron chi connectivity index (χ4n) is 1.55. The predicted octanol–water partition coefficient (Wildman–Crippen LogP) is 3.11. The number of nitrogens with zero attached hydrogens (tertiary/aromatic N) is 2. The average molecular weight is 192 g/mol. The van der Waals surface area contributed by atoms with Crippen LogP contribution in [0.2, 0.25) is 0 Å². The molecule has 1 aromatic rings. The molecule has 0 aliphatic rings. The Hall–Kier alpha value is -0.920. The van der Waals surface area contributed by atoms with Gasteiger partial charge < -0.3 is 0 Å². The fourth-order valence-corrected chi connectivity index (χ4v) is 1.55. The minimum absolute atomic E-state index is 0.517. The highest BCUT2D eigenvalue weighted by atomic mass is 14.9. The van der Waals surface area contributed by atoms with E-state index < -0.39 is 0 Å². The largest absolute Gasteiger partial charge is 0.241 e. The third-order valence-electron chi connectivity index (χ3n) is 2.28. The first-order valence-corrected chi connectivity index (χ1v) is 5.33. The van der Waals surface area contributed by atoms with E-state index in [9.17, 15) is 0 Å². The summed E-state index contributed by atoms with van der Waals surface area (Å²) in [5.74, 6) is 2.12. The van der Waals surface area contributed by atoms with Crippen LogP contribution in [0.4, 0.5) is 0 Å². The molecule has 1 aromatic heterocycles. The molecule has 0 bridgehead atoms. The lowest BCUT2D eigenvalue weighted by atomic mass is 10.0. The molecule has 0 unspecified atom stereocenters. The number of rotatable bonds is 3. The molecule has 2 nitrogen and oxygen atoms in total. The van der Waals surface area contributed by atoms with E-state index in [-0.39, 0.29) is 0 Å². The lowest BCUT2D eigenvalue weighted by molar-refractivity contribution is 0.616. The van der Waals surface area contributed by atoms with Crippen molar-refractivity contribution < 1.29 is 0 Å². The Morgan fingerprint density at radius 2 is 1.86 bits per heavy atom. The molecule has 0 radical (unpaired) electrons. The summed E-state index contributed by atoms with van der Waals surface area (Å²) in [7, 11) is 0. The summed E-state index contributed by atoms with van der Waals surface area (Å²) in [4.78, 5) is 8.91. The van der Waals surface area contributed by atoms with Gasteiger partial charge in [-0.05, 0) is 24.3 Å². The first-order chi connectivity index (χ1) is 6.50. The van der Waals surface area contributed by atoms with Crippen LogP contribution in [0, 0.1) is 12.8 Å². The quantitative estimate of drug-likeness (QED) is 0.735. The van der Waals surface area contributed by atoms with Crippen LogP contribution in [0.3, 0.4) is 0 Å². The zero-order valence-electron chi connectivity index (χ0n) is 9.83. The molecule has 0 saturated carbocycles. The number of aromatic nitrogens is 2. The van der Waals surface area contributed by atoms with E-state index >= 15 is 0 Å². The van der Waals surface area contributed by atoms with Gasteiger partial charge in [-0.25, -0.2) is 9.97 Å². The highest BCUT2D eigenvalue weighted by Gasteiger charge is 2.07. The van der Waals surface area contributed by atoms with Gasteiger partial charge in [-0.3, -0.25) is 0 Å². The van der Waals surface area contributed by atoms with Crippen molar-refractivity contribution in [2.45, 2.75) is 47.0 Å². The standard InChI is InChI=1S/C12H20N2/c1-8(2)6-12-13-7-11(9(3)4)10(5)14-12/h7-9H,6H2,1-5H3. The van der Waals surface area contributed by atoms with Gasteiger partial charge in [0.1, 0.15) is 5.82 Å². The maximum Gasteiger partial charge on any atom is 0.128 e. The topological polar surface area (TPSA) is 25.8 Å². The molecule has 0 atom stereocenters. The van der Waals surface area contributed by atoms with E-state index in [4.69, 9.17) is 0 Å². The third-order valence-corrected chi connectivity index (χ3v) is 2.28. The van der Waals surface area contributed by atoms with Crippen molar-refractivity contribution in [2.75, 3.05) is 0 Å². The molecule has 0 N–H and O–H groups in total. The fraction of sp³-hybridized carbons (Fsp3) is 0.667. The second-order valence-corrected chi connectivity index (χ2v) is 4.58. The maximum atomic E-state index is 4.52. The molecular weight excluding hydrogens is 172 g/mol. The number of aryl methyl sites for hydroxylation is 1. The van der Waals surface area contributed by atoms with Gasteiger partial charge in [0.05, 0.1) is 0 Å². The zero-order valence-corrected chi connectivity index (χ0v) is 9.83. The Balaban J connectivity index is 2.89. The zero-order chi connectivity index (χ0) is 10.7. The van der Waals surface area contributed by atoms with Crippen molar-refractivity contribution in [2.24, 2.45) is 5.92 Å². The number of hydrogen-bond donors (Lipinski definition) is 0. The van der Waals surface area contributed by atoms with Crippen molar-refractivity contribution in [3.8, 4) is 0 Å². The van der Waals surface area contributed by atoms with Gasteiger partial charge in [-0.2, -0.15) is 0 Å². The third kappa shape index (κ3) is 2.79. The van der Waals surface area contributed by atoms with Crippen LogP contribution in [0.25, 0.3) is 0 Å². The smallest absolute Gasteiger partial charge is 0.128 e. The van der Waals surface area contributed by atoms with Crippen molar-refractivity contribution in [1.82, 2.24) is 9.97 Å². The SMILES string of the molecule is Cc1nc(CC(C)C)ncc1C(C)C. The molecule has 2 heteroatoms. The van der Waals surface area contributed by atoms with Crippen LogP contribution in [0.1, 0.15) is 50.7 Å². The highest BCUT2D eigenvalue weighted by Crippen LogP contribution is 2.16. The van der Waals surface area contributed by atoms with Gasteiger partial charge in [0.2, 0.25) is 0 Å². The normalized spacial score (nSPS) is 11.4. The van der Waals surface area contributed by atoms with Crippen LogP contribution in [-0.2, 0) is 6.42 Å². The molecule has 0 saturated heterocycles. The van der Waals surface area contributed by atoms with Crippen molar-refractivity contribution >= 4 is 0 Å². The van der Waals surface area contributed by atoms with Gasteiger partial charge in [0, 0.05) is 18.3 Å². The second kappa shape index (κ2) is 4.54. The predicted molar refractivity (Wildman–Crippen MR) is 59.4 cm³/mol. The molecule has 0 aliphatic heterocycles. The Kier molecular flexibility index (Phi) is 3.62. The minimum atomic E-state index is 0.517. The molecular formula is C12H20N2. The summed E-state index contributed by atoms with van der Waals surface area (Å²) in [6.07, 6.45) is 2.95. The average Bonchev–Trinajstić information content (AvgIpc) is 2.01. The highest BCUT2D eigenvalue weighted by molar-refractivity contribution is 5.19. The first-order valence-electron chi connectivity index (χ1n) is 5.33. The summed E-state index contributed by atoms with van der Waals surface area (Å²) in [5, 5.41) is 0. The van der Waals surface area contributed by atoms with Gasteiger partial charge in [0.15, 0.2) is 0 Å². The summed E-state index contributed by atoms with van der Waals surface area (Å²) in [6, 6.07) is 0. The number of hydrogen-bond acceptors (Lipinski definition) is 2. The van der Waals surface area contributed by atoms with Crippen LogP contribution in [0.5, 0.6) is 0 Å². The van der Waals surface area contributed by atoms with E-state index in [0.29, 0.717) is 11.8 Å². The van der Waals surface area contributed by atoms with E-state index in [1.807, 2.05) is 6.20 Å². The van der Waals surface area contributed by atoms with Crippen molar-refractivity contribution in [3.63, 3.8) is 0 Å². The maximum absolute atomic E-state index is 4.52. The lowest BCUT2D eigenvalue weighted by Gasteiger charge is -2.10. The Bertz CT molecular complexity index is 303. The summed E-state index contributed by atoms with van der Waals surface area (Å²) < 4.78 is 0. The summed E-state index contributed by atoms with van der Waals surface area (Å²) in [5.41, 5.74) is 2.39. The van der Waals surface area contributed by atoms with Crippen LogP contribution in [-0.4, -0.2) is 9.97 Å². The van der Waals surface area contributed by atoms with E-state index in [0.717, 1.165) is 17.9 Å². The monoisotopic (exact) mass is 192 g/mol. The van der Waals surface area contributed by atoms with Crippen LogP contribution < -0.4 is 0 Å². The van der Waals surface area contributed by atoms with Crippen molar-refractivity contribution in [3.05, 3.63) is 23.3 Å². The molecule has 0 aliphatic carbocycles. The second-order valence-electron chi connectivity index (χ2n) is 4.58. The van der Waals surface area contributed by atoms with E-state index in [1.165, 1.54) is 5.56 Å². The molecule has 0 amide bonds. The van der Waals surface area contributed by atoms with Gasteiger partial charge in [-0.1, -0.05) is 27.7 Å². The molecule has 0 aromatic carbocycles. The van der Waals surface area contributed by atoms with Crippen LogP contribution in [0.15, 0.2) is 6.20 Å². The van der Waals surface area contributed by atoms with Crippen molar-refractivity contribution in [1.29, 1.82) is 0 Å². The van der Waals surface area contributed by atoms with E-state index in [2.05, 4.69) is 44.6 Å². The minimum Gasteiger partial charge on any atom is -0.241 e. The molecule has 78 valence electrons. The Morgan fingerprint density at radius 1 is 1.21 bits per heavy atom. The first kappa shape index (κ1) is 11.2. The molecule has 0 fully saturated rings. The summed E-state index contributed by atoms with van der Waals surface area (Å²) >= 11 is 0. The lowest BCUT2D eigenvalue weighted by Crippen LogP contribution is -2.05. The molecule has 0 spiro atoms. The van der Waals surface area contributed by atoms with Gasteiger partial charge in [-0.15, -0.1) is 0 Å². The Morgan fingerprint density at radius 3 is 2.29 bits per heavy atom. The summed E-state index contributed by atoms with van der Waals surface area (Å²) in [6.45, 7) is 10.8. The van der Waals surface area contributed by atoms with E-state index in [1.54, 1.807) is 0 Å². The molecule has 1 heterocycles. The Labute approximate surface area is 86.8 Å².